The zero-order chi connectivity index (χ0) is 23.6. The van der Waals surface area contributed by atoms with Gasteiger partial charge in [-0.1, -0.05) is 35.3 Å². The number of aromatic amines is 1. The highest BCUT2D eigenvalue weighted by molar-refractivity contribution is 7.92. The summed E-state index contributed by atoms with van der Waals surface area (Å²) in [6, 6.07) is 8.90. The van der Waals surface area contributed by atoms with Gasteiger partial charge in [0.1, 0.15) is 5.69 Å². The van der Waals surface area contributed by atoms with Gasteiger partial charge in [-0.15, -0.1) is 0 Å². The van der Waals surface area contributed by atoms with E-state index in [0.717, 1.165) is 6.26 Å². The number of nitrogens with one attached hydrogen (secondary N) is 2. The molecule has 0 aliphatic carbocycles. The molecule has 0 unspecified atom stereocenters. The minimum atomic E-state index is -3.57. The highest BCUT2D eigenvalue weighted by atomic mass is 35.5. The van der Waals surface area contributed by atoms with Crippen LogP contribution in [0.2, 0.25) is 10.0 Å². The van der Waals surface area contributed by atoms with Gasteiger partial charge in [-0.3, -0.25) is 4.72 Å². The Hall–Kier alpha value is -3.01. The van der Waals surface area contributed by atoms with Gasteiger partial charge in [0.15, 0.2) is 0 Å². The van der Waals surface area contributed by atoms with E-state index in [1.807, 2.05) is 0 Å². The number of carboxylic acids is 1. The Kier molecular flexibility index (Phi) is 6.82. The van der Waals surface area contributed by atoms with E-state index in [1.165, 1.54) is 36.4 Å². The number of H-pyrrole nitrogens is 1. The number of carbonyl (C=O) groups is 2. The molecule has 0 atom stereocenters. The number of benzene rings is 2. The van der Waals surface area contributed by atoms with Gasteiger partial charge in [-0.05, 0) is 42.8 Å². The highest BCUT2D eigenvalue weighted by Crippen LogP contribution is 2.35. The Morgan fingerprint density at radius 3 is 2.56 bits per heavy atom. The van der Waals surface area contributed by atoms with Crippen LogP contribution >= 0.6 is 23.2 Å². The van der Waals surface area contributed by atoms with Gasteiger partial charge < -0.3 is 14.8 Å². The maximum Gasteiger partial charge on any atom is 0.355 e. The van der Waals surface area contributed by atoms with Crippen LogP contribution in [-0.2, 0) is 19.6 Å². The van der Waals surface area contributed by atoms with Crippen molar-refractivity contribution in [2.75, 3.05) is 17.6 Å². The van der Waals surface area contributed by atoms with Crippen molar-refractivity contribution in [3.8, 4) is 0 Å². The molecule has 0 saturated carbocycles. The quantitative estimate of drug-likeness (QED) is 0.322. The predicted molar refractivity (Wildman–Crippen MR) is 125 cm³/mol. The lowest BCUT2D eigenvalue weighted by Crippen LogP contribution is -2.10. The third-order valence-electron chi connectivity index (χ3n) is 4.33. The maximum atomic E-state index is 12.5. The van der Waals surface area contributed by atoms with E-state index in [1.54, 1.807) is 13.0 Å². The number of rotatable bonds is 7. The fraction of sp³-hybridized carbons (Fsp3) is 0.143. The Labute approximate surface area is 193 Å². The molecule has 0 spiro atoms. The maximum absolute atomic E-state index is 12.5. The Morgan fingerprint density at radius 2 is 1.94 bits per heavy atom. The number of hydrogen-bond donors (Lipinski definition) is 3. The van der Waals surface area contributed by atoms with Crippen molar-refractivity contribution in [2.24, 2.45) is 0 Å². The van der Waals surface area contributed by atoms with E-state index in [2.05, 4.69) is 9.71 Å². The number of sulfonamides is 1. The molecule has 0 fully saturated rings. The molecule has 168 valence electrons. The first-order chi connectivity index (χ1) is 15.0. The van der Waals surface area contributed by atoms with Gasteiger partial charge >= 0.3 is 11.9 Å². The molecule has 2 aromatic carbocycles. The van der Waals surface area contributed by atoms with E-state index in [0.29, 0.717) is 15.9 Å². The second-order valence-electron chi connectivity index (χ2n) is 6.76. The minimum absolute atomic E-state index is 0.00943. The molecule has 1 aromatic heterocycles. The first kappa shape index (κ1) is 23.6. The average Bonchev–Trinajstić information content (AvgIpc) is 3.03. The third-order valence-corrected chi connectivity index (χ3v) is 5.45. The van der Waals surface area contributed by atoms with Gasteiger partial charge in [-0.2, -0.15) is 0 Å². The second-order valence-corrected chi connectivity index (χ2v) is 9.35. The van der Waals surface area contributed by atoms with Crippen molar-refractivity contribution < 1.29 is 27.9 Å². The van der Waals surface area contributed by atoms with E-state index in [-0.39, 0.29) is 39.7 Å². The van der Waals surface area contributed by atoms with Crippen molar-refractivity contribution >= 4 is 73.4 Å². The molecule has 1 heterocycles. The molecule has 3 N–H and O–H groups in total. The standard InChI is InChI=1S/C21H18Cl2N2O6S/c1-3-31-21(28)19-15(18-16(23)8-12(22)9-17(18)24-19)10-14(20(26)27)11-5-4-6-13(7-11)25-32(2,29)30/h4-10,24-25H,3H2,1-2H3,(H,26,27)/b14-10-. The minimum Gasteiger partial charge on any atom is -0.478 e. The molecule has 0 bridgehead atoms. The lowest BCUT2D eigenvalue weighted by molar-refractivity contribution is -0.130. The predicted octanol–water partition coefficient (Wildman–Crippen LogP) is 4.65. The summed E-state index contributed by atoms with van der Waals surface area (Å²) in [4.78, 5) is 27.6. The van der Waals surface area contributed by atoms with Gasteiger partial charge in [0.2, 0.25) is 10.0 Å². The summed E-state index contributed by atoms with van der Waals surface area (Å²) in [6.07, 6.45) is 2.27. The number of carbonyl (C=O) groups excluding carboxylic acids is 1. The van der Waals surface area contributed by atoms with E-state index < -0.39 is 22.0 Å². The normalized spacial score (nSPS) is 12.1. The van der Waals surface area contributed by atoms with Crippen LogP contribution in [0.25, 0.3) is 22.6 Å². The fourth-order valence-corrected chi connectivity index (χ4v) is 4.31. The molecule has 0 amide bonds. The molecule has 0 saturated heterocycles. The number of anilines is 1. The van der Waals surface area contributed by atoms with Crippen molar-refractivity contribution in [3.63, 3.8) is 0 Å². The molecular formula is C21H18Cl2N2O6S. The van der Waals surface area contributed by atoms with Crippen LogP contribution in [0.1, 0.15) is 28.5 Å². The summed E-state index contributed by atoms with van der Waals surface area (Å²) in [5, 5.41) is 10.8. The van der Waals surface area contributed by atoms with Crippen molar-refractivity contribution in [3.05, 3.63) is 63.3 Å². The monoisotopic (exact) mass is 496 g/mol. The highest BCUT2D eigenvalue weighted by Gasteiger charge is 2.22. The zero-order valence-electron chi connectivity index (χ0n) is 16.9. The topological polar surface area (TPSA) is 126 Å². The molecule has 32 heavy (non-hydrogen) atoms. The van der Waals surface area contributed by atoms with Crippen LogP contribution < -0.4 is 4.72 Å². The number of hydrogen-bond acceptors (Lipinski definition) is 5. The van der Waals surface area contributed by atoms with Crippen LogP contribution in [0.3, 0.4) is 0 Å². The Morgan fingerprint density at radius 1 is 1.22 bits per heavy atom. The van der Waals surface area contributed by atoms with Gasteiger partial charge in [0.05, 0.1) is 23.5 Å². The molecule has 0 radical (unpaired) electrons. The number of esters is 1. The summed E-state index contributed by atoms with van der Waals surface area (Å²) in [5.41, 5.74) is 0.842. The molecular weight excluding hydrogens is 479 g/mol. The van der Waals surface area contributed by atoms with Crippen LogP contribution in [0.15, 0.2) is 36.4 Å². The van der Waals surface area contributed by atoms with Crippen molar-refractivity contribution in [2.45, 2.75) is 6.92 Å². The van der Waals surface area contributed by atoms with Gasteiger partial charge in [0, 0.05) is 27.2 Å². The van der Waals surface area contributed by atoms with Crippen LogP contribution in [0.4, 0.5) is 5.69 Å². The van der Waals surface area contributed by atoms with E-state index in [9.17, 15) is 23.1 Å². The SMILES string of the molecule is CCOC(=O)c1[nH]c2cc(Cl)cc(Cl)c2c1/C=C(\C(=O)O)c1cccc(NS(C)(=O)=O)c1. The smallest absolute Gasteiger partial charge is 0.355 e. The Bertz CT molecular complexity index is 1360. The summed E-state index contributed by atoms with van der Waals surface area (Å²) in [5.74, 6) is -1.99. The summed E-state index contributed by atoms with van der Waals surface area (Å²) < 4.78 is 30.5. The Balaban J connectivity index is 2.27. The molecule has 0 aliphatic heterocycles. The molecule has 11 heteroatoms. The van der Waals surface area contributed by atoms with Crippen molar-refractivity contribution in [1.29, 1.82) is 0 Å². The van der Waals surface area contributed by atoms with Crippen LogP contribution in [0, 0.1) is 0 Å². The second kappa shape index (κ2) is 9.23. The molecule has 3 aromatic rings. The van der Waals surface area contributed by atoms with Crippen LogP contribution in [0.5, 0.6) is 0 Å². The van der Waals surface area contributed by atoms with Crippen molar-refractivity contribution in [1.82, 2.24) is 4.98 Å². The molecule has 0 aliphatic rings. The number of carboxylic acid groups (broad SMARTS) is 1. The zero-order valence-corrected chi connectivity index (χ0v) is 19.2. The van der Waals surface area contributed by atoms with Gasteiger partial charge in [0.25, 0.3) is 0 Å². The first-order valence-corrected chi connectivity index (χ1v) is 11.9. The molecule has 3 rings (SSSR count). The lowest BCUT2D eigenvalue weighted by Gasteiger charge is -2.08. The number of aromatic nitrogens is 1. The number of fused-ring (bicyclic) bond motifs is 1. The summed E-state index contributed by atoms with van der Waals surface area (Å²) in [6.45, 7) is 1.75. The van der Waals surface area contributed by atoms with Crippen LogP contribution in [-0.4, -0.2) is 43.3 Å². The number of ether oxygens (including phenoxy) is 1. The average molecular weight is 497 g/mol. The lowest BCUT2D eigenvalue weighted by atomic mass is 10.0. The molecule has 8 nitrogen and oxygen atoms in total. The largest absolute Gasteiger partial charge is 0.478 e. The number of halogens is 2. The third kappa shape index (κ3) is 5.24. The summed E-state index contributed by atoms with van der Waals surface area (Å²) >= 11 is 12.4. The first-order valence-electron chi connectivity index (χ1n) is 9.21. The van der Waals surface area contributed by atoms with E-state index in [4.69, 9.17) is 27.9 Å². The van der Waals surface area contributed by atoms with E-state index >= 15 is 0 Å². The summed E-state index contributed by atoms with van der Waals surface area (Å²) in [7, 11) is -3.57. The van der Waals surface area contributed by atoms with Gasteiger partial charge in [-0.25, -0.2) is 18.0 Å². The fourth-order valence-electron chi connectivity index (χ4n) is 3.16. The number of aliphatic carboxylic acids is 1.